The Morgan fingerprint density at radius 1 is 1.05 bits per heavy atom. The molecule has 0 fully saturated rings. The smallest absolute Gasteiger partial charge is 0.404 e. The van der Waals surface area contributed by atoms with Gasteiger partial charge in [-0.05, 0) is 28.9 Å². The normalized spacial score (nSPS) is 15.7. The molecule has 0 aromatic heterocycles. The van der Waals surface area contributed by atoms with Crippen molar-refractivity contribution < 1.29 is 18.5 Å². The van der Waals surface area contributed by atoms with Crippen molar-refractivity contribution in [3.05, 3.63) is 28.8 Å². The molecule has 1 N–H and O–H groups in total. The summed E-state index contributed by atoms with van der Waals surface area (Å²) in [5, 5.41) is 0. The van der Waals surface area contributed by atoms with E-state index in [4.69, 9.17) is 4.52 Å². The molecule has 0 saturated carbocycles. The first-order valence-electron chi connectivity index (χ1n) is 7.01. The molecule has 120 valence electrons. The van der Waals surface area contributed by atoms with Crippen LogP contribution >= 0.6 is 7.82 Å². The summed E-state index contributed by atoms with van der Waals surface area (Å²) in [6.45, 7) is 14.5. The van der Waals surface area contributed by atoms with E-state index in [9.17, 15) is 9.46 Å². The van der Waals surface area contributed by atoms with Crippen molar-refractivity contribution in [1.82, 2.24) is 0 Å². The van der Waals surface area contributed by atoms with Crippen LogP contribution in [0.4, 0.5) is 0 Å². The molecule has 0 aliphatic heterocycles. The number of phosphoric ester groups is 1. The van der Waals surface area contributed by atoms with E-state index in [-0.39, 0.29) is 10.8 Å². The van der Waals surface area contributed by atoms with Gasteiger partial charge in [-0.2, -0.15) is 0 Å². The number of rotatable bonds is 3. The fraction of sp³-hybridized carbons (Fsp3) is 0.625. The van der Waals surface area contributed by atoms with Gasteiger partial charge < -0.3 is 4.52 Å². The van der Waals surface area contributed by atoms with Gasteiger partial charge in [0.25, 0.3) is 0 Å². The van der Waals surface area contributed by atoms with Crippen molar-refractivity contribution >= 4 is 7.82 Å². The highest BCUT2D eigenvalue weighted by molar-refractivity contribution is 7.47. The highest BCUT2D eigenvalue weighted by Gasteiger charge is 2.29. The average molecular weight is 314 g/mol. The van der Waals surface area contributed by atoms with Gasteiger partial charge in [0.15, 0.2) is 0 Å². The van der Waals surface area contributed by atoms with Crippen LogP contribution in [0, 0.1) is 6.92 Å². The largest absolute Gasteiger partial charge is 0.527 e. The topological polar surface area (TPSA) is 55.8 Å². The molecule has 21 heavy (non-hydrogen) atoms. The first kappa shape index (κ1) is 18.2. The number of aryl methyl sites for hydroxylation is 1. The van der Waals surface area contributed by atoms with Crippen LogP contribution in [-0.4, -0.2) is 12.0 Å². The molecule has 4 nitrogen and oxygen atoms in total. The van der Waals surface area contributed by atoms with Crippen LogP contribution in [0.25, 0.3) is 0 Å². The van der Waals surface area contributed by atoms with Gasteiger partial charge in [-0.25, -0.2) is 4.57 Å². The quantitative estimate of drug-likeness (QED) is 0.820. The molecule has 0 spiro atoms. The van der Waals surface area contributed by atoms with E-state index in [1.54, 1.807) is 0 Å². The summed E-state index contributed by atoms with van der Waals surface area (Å²) in [6, 6.07) is 4.05. The maximum atomic E-state index is 11.8. The third-order valence-corrected chi connectivity index (χ3v) is 4.26. The van der Waals surface area contributed by atoms with Crippen LogP contribution in [0.15, 0.2) is 12.1 Å². The molecule has 1 atom stereocenters. The van der Waals surface area contributed by atoms with Crippen LogP contribution < -0.4 is 4.52 Å². The Hall–Kier alpha value is -0.830. The summed E-state index contributed by atoms with van der Waals surface area (Å²) in [7, 11) is -2.91. The van der Waals surface area contributed by atoms with E-state index in [1.165, 1.54) is 5.56 Å². The predicted molar refractivity (Wildman–Crippen MR) is 86.0 cm³/mol. The second-order valence-electron chi connectivity index (χ2n) is 7.41. The number of benzene rings is 1. The van der Waals surface area contributed by atoms with Crippen molar-refractivity contribution in [3.63, 3.8) is 0 Å². The fourth-order valence-corrected chi connectivity index (χ4v) is 2.59. The SMILES string of the molecule is COP(=O)(O)Oc1c(C)cc(C(C)(C)C)cc1C(C)(C)C. The summed E-state index contributed by atoms with van der Waals surface area (Å²) < 4.78 is 21.6. The standard InChI is InChI=1S/C16H27O4P/c1-11-9-12(15(2,3)4)10-13(16(5,6)7)14(11)20-21(17,18)19-8/h9-10H,1-8H3,(H,17,18). The Labute approximate surface area is 128 Å². The Morgan fingerprint density at radius 2 is 1.57 bits per heavy atom. The van der Waals surface area contributed by atoms with Gasteiger partial charge in [0.05, 0.1) is 0 Å². The van der Waals surface area contributed by atoms with Gasteiger partial charge in [0.2, 0.25) is 0 Å². The lowest BCUT2D eigenvalue weighted by molar-refractivity contribution is 0.240. The third kappa shape index (κ3) is 4.57. The molecule has 0 aliphatic carbocycles. The van der Waals surface area contributed by atoms with Crippen molar-refractivity contribution in [3.8, 4) is 5.75 Å². The highest BCUT2D eigenvalue weighted by atomic mass is 31.2. The second-order valence-corrected chi connectivity index (χ2v) is 8.90. The number of phosphoric acid groups is 1. The third-order valence-electron chi connectivity index (χ3n) is 3.39. The van der Waals surface area contributed by atoms with E-state index in [1.807, 2.05) is 13.0 Å². The van der Waals surface area contributed by atoms with E-state index in [2.05, 4.69) is 52.1 Å². The molecule has 0 saturated heterocycles. The molecule has 1 unspecified atom stereocenters. The summed E-state index contributed by atoms with van der Waals surface area (Å²) in [6.07, 6.45) is 0. The van der Waals surface area contributed by atoms with Gasteiger partial charge in [0.1, 0.15) is 5.75 Å². The molecule has 0 amide bonds. The van der Waals surface area contributed by atoms with Crippen molar-refractivity contribution in [1.29, 1.82) is 0 Å². The molecule has 1 aromatic carbocycles. The Bertz CT molecular complexity index is 565. The Balaban J connectivity index is 3.54. The number of hydrogen-bond acceptors (Lipinski definition) is 3. The van der Waals surface area contributed by atoms with E-state index in [0.29, 0.717) is 5.75 Å². The monoisotopic (exact) mass is 314 g/mol. The number of hydrogen-bond donors (Lipinski definition) is 1. The molecule has 1 aromatic rings. The van der Waals surface area contributed by atoms with Gasteiger partial charge in [0, 0.05) is 12.7 Å². The van der Waals surface area contributed by atoms with Crippen molar-refractivity contribution in [2.75, 3.05) is 7.11 Å². The van der Waals surface area contributed by atoms with Gasteiger partial charge in [-0.3, -0.25) is 9.42 Å². The van der Waals surface area contributed by atoms with Crippen molar-refractivity contribution in [2.45, 2.75) is 59.3 Å². The second kappa shape index (κ2) is 5.75. The zero-order valence-corrected chi connectivity index (χ0v) is 15.2. The van der Waals surface area contributed by atoms with Gasteiger partial charge in [-0.15, -0.1) is 0 Å². The molecule has 0 heterocycles. The molecular formula is C16H27O4P. The summed E-state index contributed by atoms with van der Waals surface area (Å²) in [5.74, 6) is 0.434. The lowest BCUT2D eigenvalue weighted by atomic mass is 9.79. The minimum Gasteiger partial charge on any atom is -0.404 e. The fourth-order valence-electron chi connectivity index (χ4n) is 2.04. The minimum absolute atomic E-state index is 0.00649. The van der Waals surface area contributed by atoms with Crippen LogP contribution in [0.1, 0.15) is 58.2 Å². The summed E-state index contributed by atoms with van der Waals surface area (Å²) in [5.41, 5.74) is 2.68. The minimum atomic E-state index is -4.07. The lowest BCUT2D eigenvalue weighted by Gasteiger charge is -2.29. The molecule has 0 radical (unpaired) electrons. The summed E-state index contributed by atoms with van der Waals surface area (Å²) in [4.78, 5) is 9.63. The van der Waals surface area contributed by atoms with E-state index < -0.39 is 7.82 Å². The van der Waals surface area contributed by atoms with Crippen LogP contribution in [-0.2, 0) is 19.9 Å². The van der Waals surface area contributed by atoms with Gasteiger partial charge >= 0.3 is 7.82 Å². The van der Waals surface area contributed by atoms with Crippen LogP contribution in [0.2, 0.25) is 0 Å². The zero-order chi connectivity index (χ0) is 16.6. The lowest BCUT2D eigenvalue weighted by Crippen LogP contribution is -2.18. The first-order valence-corrected chi connectivity index (χ1v) is 8.51. The summed E-state index contributed by atoms with van der Waals surface area (Å²) >= 11 is 0. The molecule has 0 bridgehead atoms. The van der Waals surface area contributed by atoms with E-state index in [0.717, 1.165) is 18.2 Å². The average Bonchev–Trinajstić information content (AvgIpc) is 2.28. The highest BCUT2D eigenvalue weighted by Crippen LogP contribution is 2.48. The zero-order valence-electron chi connectivity index (χ0n) is 14.3. The molecule has 5 heteroatoms. The maximum Gasteiger partial charge on any atom is 0.527 e. The Kier molecular flexibility index (Phi) is 4.99. The first-order chi connectivity index (χ1) is 9.28. The van der Waals surface area contributed by atoms with Crippen LogP contribution in [0.3, 0.4) is 0 Å². The molecule has 0 aliphatic rings. The van der Waals surface area contributed by atoms with E-state index >= 15 is 0 Å². The Morgan fingerprint density at radius 3 is 1.95 bits per heavy atom. The predicted octanol–water partition coefficient (Wildman–Crippen LogP) is 4.72. The van der Waals surface area contributed by atoms with Crippen LogP contribution in [0.5, 0.6) is 5.75 Å². The molecule has 1 rings (SSSR count). The van der Waals surface area contributed by atoms with Crippen molar-refractivity contribution in [2.24, 2.45) is 0 Å². The maximum absolute atomic E-state index is 11.8. The van der Waals surface area contributed by atoms with Gasteiger partial charge in [-0.1, -0.05) is 53.7 Å². The molecular weight excluding hydrogens is 287 g/mol.